The molecule has 1 aliphatic heterocycles. The van der Waals surface area contributed by atoms with Crippen molar-refractivity contribution >= 4 is 23.4 Å². The first kappa shape index (κ1) is 18.7. The molecule has 0 radical (unpaired) electrons. The predicted octanol–water partition coefficient (Wildman–Crippen LogP) is 2.40. The Balaban J connectivity index is 1.97. The van der Waals surface area contributed by atoms with Crippen molar-refractivity contribution in [3.05, 3.63) is 34.9 Å². The summed E-state index contributed by atoms with van der Waals surface area (Å²) in [5.74, 6) is 0.386. The van der Waals surface area contributed by atoms with Crippen molar-refractivity contribution < 1.29 is 9.59 Å². The van der Waals surface area contributed by atoms with Gasteiger partial charge in [0.15, 0.2) is 0 Å². The monoisotopic (exact) mass is 351 g/mol. The van der Waals surface area contributed by atoms with Crippen molar-refractivity contribution in [1.29, 1.82) is 0 Å². The second-order valence-corrected chi connectivity index (χ2v) is 7.05. The molecular weight excluding hydrogens is 326 g/mol. The van der Waals surface area contributed by atoms with Crippen molar-refractivity contribution in [3.63, 3.8) is 0 Å². The highest BCUT2D eigenvalue weighted by Gasteiger charge is 2.24. The summed E-state index contributed by atoms with van der Waals surface area (Å²) in [7, 11) is 0. The van der Waals surface area contributed by atoms with Crippen LogP contribution in [0.2, 0.25) is 5.02 Å². The van der Waals surface area contributed by atoms with Crippen molar-refractivity contribution in [2.45, 2.75) is 38.6 Å². The van der Waals surface area contributed by atoms with E-state index in [0.29, 0.717) is 23.3 Å². The van der Waals surface area contributed by atoms with E-state index < -0.39 is 11.9 Å². The van der Waals surface area contributed by atoms with Crippen LogP contribution in [0.3, 0.4) is 0 Å². The first-order valence-corrected chi connectivity index (χ1v) is 8.87. The van der Waals surface area contributed by atoms with E-state index in [4.69, 9.17) is 17.3 Å². The van der Waals surface area contributed by atoms with Crippen LogP contribution in [-0.4, -0.2) is 24.9 Å². The third-order valence-corrected chi connectivity index (χ3v) is 4.92. The summed E-state index contributed by atoms with van der Waals surface area (Å²) in [5, 5.41) is 6.86. The predicted molar refractivity (Wildman–Crippen MR) is 95.5 cm³/mol. The maximum atomic E-state index is 12.4. The average Bonchev–Trinajstić information content (AvgIpc) is 2.54. The zero-order valence-electron chi connectivity index (χ0n) is 14.1. The largest absolute Gasteiger partial charge is 0.370 e. The summed E-state index contributed by atoms with van der Waals surface area (Å²) in [5.41, 5.74) is 6.13. The third-order valence-electron chi connectivity index (χ3n) is 4.69. The van der Waals surface area contributed by atoms with Gasteiger partial charge in [0.1, 0.15) is 0 Å². The number of halogens is 1. The van der Waals surface area contributed by atoms with E-state index in [1.54, 1.807) is 18.2 Å². The Bertz CT molecular complexity index is 573. The van der Waals surface area contributed by atoms with Gasteiger partial charge in [0.05, 0.1) is 12.5 Å². The van der Waals surface area contributed by atoms with Crippen LogP contribution in [0.15, 0.2) is 24.3 Å². The van der Waals surface area contributed by atoms with Crippen LogP contribution in [0.4, 0.5) is 0 Å². The minimum atomic E-state index is -0.452. The zero-order valence-corrected chi connectivity index (χ0v) is 14.8. The van der Waals surface area contributed by atoms with Gasteiger partial charge in [0, 0.05) is 11.4 Å². The number of rotatable bonds is 7. The quantitative estimate of drug-likeness (QED) is 0.705. The first-order valence-electron chi connectivity index (χ1n) is 8.49. The lowest BCUT2D eigenvalue weighted by Gasteiger charge is -2.28. The highest BCUT2D eigenvalue weighted by Crippen LogP contribution is 2.25. The number of hydrogen-bond donors (Lipinski definition) is 3. The summed E-state index contributed by atoms with van der Waals surface area (Å²) in [6.07, 6.45) is 2.73. The molecule has 5 nitrogen and oxygen atoms in total. The van der Waals surface area contributed by atoms with E-state index in [2.05, 4.69) is 17.6 Å². The van der Waals surface area contributed by atoms with Gasteiger partial charge in [-0.2, -0.15) is 0 Å². The molecule has 1 saturated heterocycles. The molecule has 4 N–H and O–H groups in total. The molecule has 1 aromatic rings. The summed E-state index contributed by atoms with van der Waals surface area (Å²) in [4.78, 5) is 23.8. The van der Waals surface area contributed by atoms with Crippen LogP contribution in [0.1, 0.15) is 44.2 Å². The van der Waals surface area contributed by atoms with Crippen LogP contribution in [0, 0.1) is 11.8 Å². The van der Waals surface area contributed by atoms with Crippen LogP contribution >= 0.6 is 11.6 Å². The summed E-state index contributed by atoms with van der Waals surface area (Å²) >= 11 is 6.01. The third kappa shape index (κ3) is 5.80. The molecule has 1 aromatic carbocycles. The molecule has 132 valence electrons. The molecule has 1 fully saturated rings. The molecule has 0 aromatic heterocycles. The van der Waals surface area contributed by atoms with Crippen molar-refractivity contribution in [2.24, 2.45) is 17.6 Å². The van der Waals surface area contributed by atoms with E-state index in [0.717, 1.165) is 31.5 Å². The molecule has 1 heterocycles. The zero-order chi connectivity index (χ0) is 17.5. The minimum Gasteiger partial charge on any atom is -0.370 e. The summed E-state index contributed by atoms with van der Waals surface area (Å²) < 4.78 is 0. The maximum absolute atomic E-state index is 12.4. The van der Waals surface area contributed by atoms with Gasteiger partial charge < -0.3 is 16.4 Å². The van der Waals surface area contributed by atoms with E-state index in [1.165, 1.54) is 0 Å². The van der Waals surface area contributed by atoms with Gasteiger partial charge in [-0.3, -0.25) is 9.59 Å². The van der Waals surface area contributed by atoms with Gasteiger partial charge in [-0.05, 0) is 55.5 Å². The molecule has 1 aliphatic rings. The fourth-order valence-electron chi connectivity index (χ4n) is 3.30. The van der Waals surface area contributed by atoms with Crippen LogP contribution in [0.5, 0.6) is 0 Å². The number of nitrogens with two attached hydrogens (primary N) is 1. The van der Waals surface area contributed by atoms with Crippen molar-refractivity contribution in [3.8, 4) is 0 Å². The Morgan fingerprint density at radius 3 is 2.67 bits per heavy atom. The number of carbonyl (C=O) groups is 2. The number of amides is 2. The van der Waals surface area contributed by atoms with Gasteiger partial charge >= 0.3 is 0 Å². The van der Waals surface area contributed by atoms with E-state index in [1.807, 2.05) is 6.07 Å². The molecule has 0 spiro atoms. The number of benzene rings is 1. The molecule has 24 heavy (non-hydrogen) atoms. The first-order chi connectivity index (χ1) is 11.5. The lowest BCUT2D eigenvalue weighted by molar-refractivity contribution is -0.123. The molecular formula is C18H26ClN3O2. The minimum absolute atomic E-state index is 0.0488. The number of nitrogens with one attached hydrogen (secondary N) is 2. The topological polar surface area (TPSA) is 84.2 Å². The highest BCUT2D eigenvalue weighted by molar-refractivity contribution is 6.30. The van der Waals surface area contributed by atoms with Crippen molar-refractivity contribution in [2.75, 3.05) is 13.1 Å². The molecule has 0 saturated carbocycles. The van der Waals surface area contributed by atoms with E-state index in [-0.39, 0.29) is 12.3 Å². The molecule has 1 unspecified atom stereocenters. The second-order valence-electron chi connectivity index (χ2n) is 6.61. The number of primary amides is 1. The molecule has 0 aliphatic carbocycles. The second kappa shape index (κ2) is 9.04. The van der Waals surface area contributed by atoms with Gasteiger partial charge in [-0.25, -0.2) is 0 Å². The Kier molecular flexibility index (Phi) is 7.06. The highest BCUT2D eigenvalue weighted by atomic mass is 35.5. The normalized spacial score (nSPS) is 17.9. The van der Waals surface area contributed by atoms with Gasteiger partial charge in [-0.15, -0.1) is 0 Å². The summed E-state index contributed by atoms with van der Waals surface area (Å²) in [6.45, 7) is 4.16. The maximum Gasteiger partial charge on any atom is 0.220 e. The SMILES string of the molecule is CC(CC(=O)N[C@H](CC(N)=O)c1cccc(Cl)c1)C1CCNCC1. The van der Waals surface area contributed by atoms with E-state index in [9.17, 15) is 9.59 Å². The van der Waals surface area contributed by atoms with Gasteiger partial charge in [0.2, 0.25) is 11.8 Å². The smallest absolute Gasteiger partial charge is 0.220 e. The fraction of sp³-hybridized carbons (Fsp3) is 0.556. The lowest BCUT2D eigenvalue weighted by atomic mass is 9.84. The average molecular weight is 352 g/mol. The number of hydrogen-bond acceptors (Lipinski definition) is 3. The summed E-state index contributed by atoms with van der Waals surface area (Å²) in [6, 6.07) is 6.72. The van der Waals surface area contributed by atoms with Gasteiger partial charge in [-0.1, -0.05) is 30.7 Å². The lowest BCUT2D eigenvalue weighted by Crippen LogP contribution is -2.35. The molecule has 2 rings (SSSR count). The van der Waals surface area contributed by atoms with Crippen LogP contribution in [-0.2, 0) is 9.59 Å². The molecule has 2 amide bonds. The standard InChI is InChI=1S/C18H26ClN3O2/c1-12(13-5-7-21-8-6-13)9-18(24)22-16(11-17(20)23)14-3-2-4-15(19)10-14/h2-4,10,12-13,16,21H,5-9,11H2,1H3,(H2,20,23)(H,22,24)/t12?,16-/m1/s1. The number of carbonyl (C=O) groups excluding carboxylic acids is 2. The van der Waals surface area contributed by atoms with Gasteiger partial charge in [0.25, 0.3) is 0 Å². The fourth-order valence-corrected chi connectivity index (χ4v) is 3.50. The Morgan fingerprint density at radius 1 is 1.33 bits per heavy atom. The molecule has 6 heteroatoms. The number of piperidine rings is 1. The Morgan fingerprint density at radius 2 is 2.04 bits per heavy atom. The molecule has 0 bridgehead atoms. The Hall–Kier alpha value is -1.59. The van der Waals surface area contributed by atoms with Crippen LogP contribution < -0.4 is 16.4 Å². The van der Waals surface area contributed by atoms with Crippen molar-refractivity contribution in [1.82, 2.24) is 10.6 Å². The Labute approximate surface area is 148 Å². The molecule has 2 atom stereocenters. The van der Waals surface area contributed by atoms with Crippen LogP contribution in [0.25, 0.3) is 0 Å². The van der Waals surface area contributed by atoms with E-state index >= 15 is 0 Å².